The van der Waals surface area contributed by atoms with Crippen LogP contribution in [0.1, 0.15) is 34.1 Å². The third kappa shape index (κ3) is 5.22. The van der Waals surface area contributed by atoms with E-state index in [1.54, 1.807) is 7.11 Å². The van der Waals surface area contributed by atoms with Crippen LogP contribution in [0.3, 0.4) is 0 Å². The molecule has 0 heterocycles. The molecule has 1 N–H and O–H groups in total. The molecule has 0 bridgehead atoms. The van der Waals surface area contributed by atoms with E-state index in [-0.39, 0.29) is 17.9 Å². The van der Waals surface area contributed by atoms with Gasteiger partial charge in [-0.05, 0) is 12.3 Å². The minimum absolute atomic E-state index is 0.0544. The minimum Gasteiger partial charge on any atom is -0.385 e. The second-order valence-corrected chi connectivity index (χ2v) is 4.30. The summed E-state index contributed by atoms with van der Waals surface area (Å²) in [6.45, 7) is 8.73. The van der Waals surface area contributed by atoms with E-state index in [2.05, 4.69) is 19.2 Å². The molecule has 1 unspecified atom stereocenters. The van der Waals surface area contributed by atoms with Crippen molar-refractivity contribution in [2.45, 2.75) is 40.2 Å². The van der Waals surface area contributed by atoms with Gasteiger partial charge >= 0.3 is 0 Å². The lowest BCUT2D eigenvalue weighted by Gasteiger charge is -2.23. The van der Waals surface area contributed by atoms with Crippen molar-refractivity contribution in [3.63, 3.8) is 0 Å². The van der Waals surface area contributed by atoms with E-state index in [0.29, 0.717) is 12.5 Å². The lowest BCUT2D eigenvalue weighted by Crippen LogP contribution is -2.41. The molecule has 0 aromatic rings. The first-order valence-corrected chi connectivity index (χ1v) is 5.28. The van der Waals surface area contributed by atoms with Gasteiger partial charge in [-0.1, -0.05) is 27.7 Å². The predicted octanol–water partition coefficient (Wildman–Crippen LogP) is 1.82. The topological polar surface area (TPSA) is 38.3 Å². The maximum atomic E-state index is 11.5. The molecular formula is C11H23NO2. The minimum atomic E-state index is 0.0544. The summed E-state index contributed by atoms with van der Waals surface area (Å²) in [6.07, 6.45) is 0.882. The largest absolute Gasteiger partial charge is 0.385 e. The molecule has 1 atom stereocenters. The SMILES string of the molecule is COCCC(NC(=O)C(C)C)C(C)C. The van der Waals surface area contributed by atoms with Crippen LogP contribution in [0.4, 0.5) is 0 Å². The number of ether oxygens (including phenoxy) is 1. The average Bonchev–Trinajstić information content (AvgIpc) is 2.10. The highest BCUT2D eigenvalue weighted by molar-refractivity contribution is 5.78. The Morgan fingerprint density at radius 3 is 2.21 bits per heavy atom. The van der Waals surface area contributed by atoms with E-state index in [1.165, 1.54) is 0 Å². The first-order chi connectivity index (χ1) is 6.49. The summed E-state index contributed by atoms with van der Waals surface area (Å²) in [5.74, 6) is 0.631. The zero-order valence-electron chi connectivity index (χ0n) is 9.96. The van der Waals surface area contributed by atoms with E-state index >= 15 is 0 Å². The van der Waals surface area contributed by atoms with E-state index in [0.717, 1.165) is 6.42 Å². The Labute approximate surface area is 87.2 Å². The lowest BCUT2D eigenvalue weighted by molar-refractivity contribution is -0.125. The van der Waals surface area contributed by atoms with Crippen LogP contribution in [-0.4, -0.2) is 25.7 Å². The molecule has 0 aromatic carbocycles. The van der Waals surface area contributed by atoms with Crippen molar-refractivity contribution in [3.05, 3.63) is 0 Å². The number of hydrogen-bond acceptors (Lipinski definition) is 2. The van der Waals surface area contributed by atoms with Crippen LogP contribution in [0.15, 0.2) is 0 Å². The van der Waals surface area contributed by atoms with Crippen molar-refractivity contribution in [2.75, 3.05) is 13.7 Å². The lowest BCUT2D eigenvalue weighted by atomic mass is 10.0. The van der Waals surface area contributed by atoms with Gasteiger partial charge in [0, 0.05) is 25.7 Å². The summed E-state index contributed by atoms with van der Waals surface area (Å²) in [6, 6.07) is 0.227. The van der Waals surface area contributed by atoms with Gasteiger partial charge in [0.05, 0.1) is 0 Å². The summed E-state index contributed by atoms with van der Waals surface area (Å²) in [7, 11) is 1.68. The molecule has 0 rings (SSSR count). The third-order valence-electron chi connectivity index (χ3n) is 2.29. The van der Waals surface area contributed by atoms with Gasteiger partial charge in [-0.2, -0.15) is 0 Å². The average molecular weight is 201 g/mol. The highest BCUT2D eigenvalue weighted by Gasteiger charge is 2.17. The smallest absolute Gasteiger partial charge is 0.222 e. The van der Waals surface area contributed by atoms with Gasteiger partial charge in [-0.15, -0.1) is 0 Å². The molecule has 0 aliphatic carbocycles. The summed E-state index contributed by atoms with van der Waals surface area (Å²) >= 11 is 0. The predicted molar refractivity (Wildman–Crippen MR) is 58.1 cm³/mol. The van der Waals surface area contributed by atoms with Crippen molar-refractivity contribution < 1.29 is 9.53 Å². The van der Waals surface area contributed by atoms with Gasteiger partial charge in [0.15, 0.2) is 0 Å². The Morgan fingerprint density at radius 1 is 1.29 bits per heavy atom. The number of methoxy groups -OCH3 is 1. The highest BCUT2D eigenvalue weighted by atomic mass is 16.5. The normalized spacial score (nSPS) is 13.4. The number of nitrogens with one attached hydrogen (secondary N) is 1. The van der Waals surface area contributed by atoms with Crippen molar-refractivity contribution >= 4 is 5.91 Å². The Bertz CT molecular complexity index is 167. The Hall–Kier alpha value is -0.570. The van der Waals surface area contributed by atoms with Gasteiger partial charge in [-0.3, -0.25) is 4.79 Å². The van der Waals surface area contributed by atoms with Crippen LogP contribution >= 0.6 is 0 Å². The molecule has 0 fully saturated rings. The molecule has 3 nitrogen and oxygen atoms in total. The van der Waals surface area contributed by atoms with E-state index < -0.39 is 0 Å². The van der Waals surface area contributed by atoms with Crippen LogP contribution in [0, 0.1) is 11.8 Å². The van der Waals surface area contributed by atoms with Gasteiger partial charge in [0.1, 0.15) is 0 Å². The van der Waals surface area contributed by atoms with Gasteiger partial charge < -0.3 is 10.1 Å². The molecule has 0 saturated carbocycles. The molecule has 84 valence electrons. The van der Waals surface area contributed by atoms with Crippen molar-refractivity contribution in [1.29, 1.82) is 0 Å². The van der Waals surface area contributed by atoms with Crippen LogP contribution in [0.5, 0.6) is 0 Å². The number of carbonyl (C=O) groups is 1. The van der Waals surface area contributed by atoms with Crippen LogP contribution in [-0.2, 0) is 9.53 Å². The molecule has 0 spiro atoms. The standard InChI is InChI=1S/C11H23NO2/c1-8(2)10(6-7-14-5)12-11(13)9(3)4/h8-10H,6-7H2,1-5H3,(H,12,13). The summed E-state index contributed by atoms with van der Waals surface area (Å²) in [5, 5.41) is 3.03. The zero-order chi connectivity index (χ0) is 11.1. The van der Waals surface area contributed by atoms with Crippen molar-refractivity contribution in [2.24, 2.45) is 11.8 Å². The summed E-state index contributed by atoms with van der Waals surface area (Å²) < 4.78 is 5.01. The number of hydrogen-bond donors (Lipinski definition) is 1. The van der Waals surface area contributed by atoms with Gasteiger partial charge in [-0.25, -0.2) is 0 Å². The molecule has 0 aromatic heterocycles. The molecule has 3 heteroatoms. The maximum absolute atomic E-state index is 11.5. The second-order valence-electron chi connectivity index (χ2n) is 4.30. The molecule has 0 aliphatic heterocycles. The number of carbonyl (C=O) groups excluding carboxylic acids is 1. The van der Waals surface area contributed by atoms with Crippen molar-refractivity contribution in [1.82, 2.24) is 5.32 Å². The van der Waals surface area contributed by atoms with E-state index in [9.17, 15) is 4.79 Å². The molecular weight excluding hydrogens is 178 g/mol. The molecule has 14 heavy (non-hydrogen) atoms. The van der Waals surface area contributed by atoms with Gasteiger partial charge in [0.25, 0.3) is 0 Å². The molecule has 0 radical (unpaired) electrons. The van der Waals surface area contributed by atoms with Crippen LogP contribution < -0.4 is 5.32 Å². The van der Waals surface area contributed by atoms with Crippen LogP contribution in [0.2, 0.25) is 0 Å². The fourth-order valence-electron chi connectivity index (χ4n) is 1.17. The third-order valence-corrected chi connectivity index (χ3v) is 2.29. The Balaban J connectivity index is 4.02. The Kier molecular flexibility index (Phi) is 6.54. The summed E-state index contributed by atoms with van der Waals surface area (Å²) in [5.41, 5.74) is 0. The molecule has 0 aliphatic rings. The van der Waals surface area contributed by atoms with E-state index in [1.807, 2.05) is 13.8 Å². The first kappa shape index (κ1) is 13.4. The van der Waals surface area contributed by atoms with Gasteiger partial charge in [0.2, 0.25) is 5.91 Å². The monoisotopic (exact) mass is 201 g/mol. The summed E-state index contributed by atoms with van der Waals surface area (Å²) in [4.78, 5) is 11.5. The van der Waals surface area contributed by atoms with E-state index in [4.69, 9.17) is 4.74 Å². The Morgan fingerprint density at radius 2 is 1.86 bits per heavy atom. The van der Waals surface area contributed by atoms with Crippen molar-refractivity contribution in [3.8, 4) is 0 Å². The first-order valence-electron chi connectivity index (χ1n) is 5.28. The number of amides is 1. The highest BCUT2D eigenvalue weighted by Crippen LogP contribution is 2.07. The molecule has 1 amide bonds. The zero-order valence-corrected chi connectivity index (χ0v) is 9.96. The fourth-order valence-corrected chi connectivity index (χ4v) is 1.17. The quantitative estimate of drug-likeness (QED) is 0.712. The number of rotatable bonds is 6. The molecule has 0 saturated heterocycles. The second kappa shape index (κ2) is 6.82. The van der Waals surface area contributed by atoms with Crippen LogP contribution in [0.25, 0.3) is 0 Å². The maximum Gasteiger partial charge on any atom is 0.222 e. The fraction of sp³-hybridized carbons (Fsp3) is 0.909.